The molecule has 1 aliphatic carbocycles. The van der Waals surface area contributed by atoms with Crippen LogP contribution in [0.2, 0.25) is 0 Å². The van der Waals surface area contributed by atoms with Gasteiger partial charge in [0.15, 0.2) is 0 Å². The number of nitrogens with zero attached hydrogens (tertiary/aromatic N) is 1. The summed E-state index contributed by atoms with van der Waals surface area (Å²) in [6.45, 7) is 10.4. The van der Waals surface area contributed by atoms with E-state index in [1.54, 1.807) is 18.2 Å². The van der Waals surface area contributed by atoms with E-state index in [9.17, 15) is 15.2 Å². The quantitative estimate of drug-likeness (QED) is 0.391. The van der Waals surface area contributed by atoms with E-state index in [-0.39, 0.29) is 17.0 Å². The Hall–Kier alpha value is -4.30. The van der Waals surface area contributed by atoms with E-state index in [0.29, 0.717) is 5.69 Å². The van der Waals surface area contributed by atoms with E-state index < -0.39 is 5.97 Å². The zero-order valence-corrected chi connectivity index (χ0v) is 20.7. The first-order valence-electron chi connectivity index (χ1n) is 12.1. The van der Waals surface area contributed by atoms with Crippen LogP contribution in [0.1, 0.15) is 70.9 Å². The van der Waals surface area contributed by atoms with Crippen molar-refractivity contribution < 1.29 is 14.6 Å². The smallest absolute Gasteiger partial charge is 0.337 e. The number of fused-ring (bicyclic) bond motifs is 1. The molecule has 1 fully saturated rings. The highest BCUT2D eigenvalue weighted by molar-refractivity contribution is 5.95. The second-order valence-electron chi connectivity index (χ2n) is 9.75. The molecule has 0 radical (unpaired) electrons. The van der Waals surface area contributed by atoms with Gasteiger partial charge in [-0.2, -0.15) is 5.26 Å². The number of aromatic carboxylic acids is 1. The second kappa shape index (κ2) is 8.73. The van der Waals surface area contributed by atoms with Crippen LogP contribution in [0, 0.1) is 18.3 Å². The molecule has 0 amide bonds. The SMILES string of the molecule is C=C1C(C)=C(c2ccc(C3(C#N)CC3)cc2)Oc2c1cc(C)cc2C(C)Nc1ccccc1C(=O)O. The van der Waals surface area contributed by atoms with Gasteiger partial charge in [0.1, 0.15) is 11.5 Å². The number of nitrogens with one attached hydrogen (secondary N) is 1. The Labute approximate surface area is 211 Å². The Bertz CT molecular complexity index is 1470. The molecule has 1 aliphatic heterocycles. The molecule has 0 spiro atoms. The minimum Gasteiger partial charge on any atom is -0.478 e. The lowest BCUT2D eigenvalue weighted by molar-refractivity contribution is 0.0698. The molecule has 5 nitrogen and oxygen atoms in total. The minimum absolute atomic E-state index is 0.221. The van der Waals surface area contributed by atoms with Crippen LogP contribution >= 0.6 is 0 Å². The maximum absolute atomic E-state index is 11.7. The number of anilines is 1. The Morgan fingerprint density at radius 1 is 1.14 bits per heavy atom. The monoisotopic (exact) mass is 476 g/mol. The number of aryl methyl sites for hydroxylation is 1. The summed E-state index contributed by atoms with van der Waals surface area (Å²) < 4.78 is 6.59. The topological polar surface area (TPSA) is 82.3 Å². The van der Waals surface area contributed by atoms with Crippen molar-refractivity contribution in [3.8, 4) is 11.8 Å². The van der Waals surface area contributed by atoms with Crippen LogP contribution in [0.25, 0.3) is 11.3 Å². The molecule has 3 aromatic carbocycles. The lowest BCUT2D eigenvalue weighted by atomic mass is 9.89. The largest absolute Gasteiger partial charge is 0.478 e. The number of allylic oxidation sites excluding steroid dienone is 2. The molecule has 1 saturated carbocycles. The van der Waals surface area contributed by atoms with Gasteiger partial charge >= 0.3 is 5.97 Å². The summed E-state index contributed by atoms with van der Waals surface area (Å²) >= 11 is 0. The van der Waals surface area contributed by atoms with E-state index in [1.807, 2.05) is 51.1 Å². The van der Waals surface area contributed by atoms with Crippen molar-refractivity contribution in [2.75, 3.05) is 5.32 Å². The van der Waals surface area contributed by atoms with E-state index in [2.05, 4.69) is 30.1 Å². The van der Waals surface area contributed by atoms with Crippen LogP contribution in [-0.2, 0) is 5.41 Å². The van der Waals surface area contributed by atoms with Gasteiger partial charge in [0.05, 0.1) is 23.1 Å². The molecule has 0 aromatic heterocycles. The average molecular weight is 477 g/mol. The van der Waals surface area contributed by atoms with Gasteiger partial charge in [-0.15, -0.1) is 0 Å². The highest BCUT2D eigenvalue weighted by atomic mass is 16.5. The second-order valence-corrected chi connectivity index (χ2v) is 9.75. The van der Waals surface area contributed by atoms with Gasteiger partial charge in [0.2, 0.25) is 0 Å². The standard InChI is InChI=1S/C31H28N2O3/c1-18-15-25-19(2)20(3)28(22-9-11-23(12-10-22)31(17-32)13-14-31)36-29(25)26(16-18)21(4)33-27-8-6-5-7-24(27)30(34)35/h5-12,15-16,21,33H,2,13-14H2,1,3-4H3,(H,34,35). The van der Waals surface area contributed by atoms with Crippen LogP contribution in [-0.4, -0.2) is 11.1 Å². The Kier molecular flexibility index (Phi) is 5.68. The molecule has 1 atom stereocenters. The fourth-order valence-electron chi connectivity index (χ4n) is 4.89. The number of carboxylic acid groups (broad SMARTS) is 1. The summed E-state index contributed by atoms with van der Waals surface area (Å²) in [6.07, 6.45) is 1.81. The molecule has 2 N–H and O–H groups in total. The molecule has 1 heterocycles. The third-order valence-electron chi connectivity index (χ3n) is 7.24. The van der Waals surface area contributed by atoms with Crippen molar-refractivity contribution in [2.45, 2.75) is 45.1 Å². The number of carboxylic acids is 1. The number of rotatable bonds is 6. The number of nitriles is 1. The molecule has 3 aromatic rings. The third-order valence-corrected chi connectivity index (χ3v) is 7.24. The van der Waals surface area contributed by atoms with Crippen LogP contribution in [0.3, 0.4) is 0 Å². The number of hydrogen-bond donors (Lipinski definition) is 2. The molecule has 0 saturated heterocycles. The minimum atomic E-state index is -0.977. The van der Waals surface area contributed by atoms with Gasteiger partial charge in [-0.05, 0) is 74.1 Å². The summed E-state index contributed by atoms with van der Waals surface area (Å²) in [4.78, 5) is 11.7. The fraction of sp³-hybridized carbons (Fsp3) is 0.226. The predicted molar refractivity (Wildman–Crippen MR) is 142 cm³/mol. The van der Waals surface area contributed by atoms with Crippen LogP contribution < -0.4 is 10.1 Å². The first kappa shape index (κ1) is 23.4. The number of hydrogen-bond acceptors (Lipinski definition) is 4. The maximum atomic E-state index is 11.7. The lowest BCUT2D eigenvalue weighted by Gasteiger charge is -2.29. The normalized spacial score (nSPS) is 16.4. The number of ether oxygens (including phenoxy) is 1. The maximum Gasteiger partial charge on any atom is 0.337 e. The van der Waals surface area contributed by atoms with Crippen molar-refractivity contribution in [1.29, 1.82) is 5.26 Å². The molecule has 2 aliphatic rings. The number of carbonyl (C=O) groups is 1. The summed E-state index contributed by atoms with van der Waals surface area (Å²) in [6, 6.07) is 21.3. The third kappa shape index (κ3) is 3.95. The summed E-state index contributed by atoms with van der Waals surface area (Å²) in [5.41, 5.74) is 7.21. The highest BCUT2D eigenvalue weighted by Gasteiger charge is 2.44. The Morgan fingerprint density at radius 3 is 2.47 bits per heavy atom. The van der Waals surface area contributed by atoms with Gasteiger partial charge in [0, 0.05) is 22.4 Å². The zero-order valence-electron chi connectivity index (χ0n) is 20.7. The van der Waals surface area contributed by atoms with Gasteiger partial charge in [-0.3, -0.25) is 0 Å². The van der Waals surface area contributed by atoms with Crippen molar-refractivity contribution in [1.82, 2.24) is 0 Å². The van der Waals surface area contributed by atoms with Crippen LogP contribution in [0.15, 0.2) is 72.8 Å². The molecule has 5 rings (SSSR count). The molecule has 0 bridgehead atoms. The summed E-state index contributed by atoms with van der Waals surface area (Å²) in [7, 11) is 0. The van der Waals surface area contributed by atoms with Gasteiger partial charge in [0.25, 0.3) is 0 Å². The molecule has 180 valence electrons. The average Bonchev–Trinajstić information content (AvgIpc) is 3.68. The van der Waals surface area contributed by atoms with E-state index in [1.165, 1.54) is 0 Å². The van der Waals surface area contributed by atoms with Gasteiger partial charge < -0.3 is 15.2 Å². The lowest BCUT2D eigenvalue weighted by Crippen LogP contribution is -2.15. The molecule has 5 heteroatoms. The Morgan fingerprint density at radius 2 is 1.83 bits per heavy atom. The molecular formula is C31H28N2O3. The summed E-state index contributed by atoms with van der Waals surface area (Å²) in [5.74, 6) is 0.484. The number of benzene rings is 3. The van der Waals surface area contributed by atoms with Crippen molar-refractivity contribution in [2.24, 2.45) is 0 Å². The van der Waals surface area contributed by atoms with Crippen LogP contribution in [0.4, 0.5) is 5.69 Å². The van der Waals surface area contributed by atoms with Gasteiger partial charge in [-0.1, -0.05) is 49.0 Å². The van der Waals surface area contributed by atoms with E-state index in [4.69, 9.17) is 4.74 Å². The van der Waals surface area contributed by atoms with Crippen molar-refractivity contribution in [3.63, 3.8) is 0 Å². The van der Waals surface area contributed by atoms with E-state index in [0.717, 1.165) is 63.3 Å². The summed E-state index contributed by atoms with van der Waals surface area (Å²) in [5, 5.41) is 22.5. The first-order valence-corrected chi connectivity index (χ1v) is 12.1. The molecule has 36 heavy (non-hydrogen) atoms. The van der Waals surface area contributed by atoms with Crippen molar-refractivity contribution in [3.05, 3.63) is 106 Å². The van der Waals surface area contributed by atoms with Gasteiger partial charge in [-0.25, -0.2) is 4.79 Å². The van der Waals surface area contributed by atoms with Crippen molar-refractivity contribution >= 4 is 23.0 Å². The molecular weight excluding hydrogens is 448 g/mol. The highest BCUT2D eigenvalue weighted by Crippen LogP contribution is 2.49. The Balaban J connectivity index is 1.51. The predicted octanol–water partition coefficient (Wildman–Crippen LogP) is 7.26. The first-order chi connectivity index (χ1) is 17.2. The molecule has 1 unspecified atom stereocenters. The van der Waals surface area contributed by atoms with E-state index >= 15 is 0 Å². The zero-order chi connectivity index (χ0) is 25.6. The van der Waals surface area contributed by atoms with Crippen LogP contribution in [0.5, 0.6) is 5.75 Å². The fourth-order valence-corrected chi connectivity index (χ4v) is 4.89. The number of para-hydroxylation sites is 1.